The number of carboxylic acid groups (broad SMARTS) is 1. The van der Waals surface area contributed by atoms with Gasteiger partial charge in [0.15, 0.2) is 17.6 Å². The van der Waals surface area contributed by atoms with Crippen LogP contribution in [0.5, 0.6) is 0 Å². The minimum atomic E-state index is -1.25. The standard InChI is InChI=1S/C11H12FN3O3/c1-4-3-6(18-15-4)10-7(12)8(13)5(2)9(14-10)11(16)17/h6H,3H2,1-2H3,(H2,13,14)(H,16,17). The predicted octanol–water partition coefficient (Wildman–Crippen LogP) is 1.65. The first kappa shape index (κ1) is 12.3. The molecule has 1 aliphatic heterocycles. The van der Waals surface area contributed by atoms with E-state index in [9.17, 15) is 9.18 Å². The highest BCUT2D eigenvalue weighted by Gasteiger charge is 2.29. The molecule has 0 fully saturated rings. The molecule has 2 rings (SSSR count). The molecule has 1 aliphatic rings. The Morgan fingerprint density at radius 3 is 2.72 bits per heavy atom. The third-order valence-corrected chi connectivity index (χ3v) is 2.78. The van der Waals surface area contributed by atoms with Crippen molar-refractivity contribution in [2.45, 2.75) is 26.4 Å². The molecule has 7 heteroatoms. The van der Waals surface area contributed by atoms with Crippen LogP contribution in [0, 0.1) is 12.7 Å². The van der Waals surface area contributed by atoms with Gasteiger partial charge in [-0.3, -0.25) is 0 Å². The van der Waals surface area contributed by atoms with Crippen LogP contribution in [0.15, 0.2) is 5.16 Å². The van der Waals surface area contributed by atoms with Crippen molar-refractivity contribution in [3.63, 3.8) is 0 Å². The van der Waals surface area contributed by atoms with Crippen LogP contribution >= 0.6 is 0 Å². The molecular weight excluding hydrogens is 241 g/mol. The predicted molar refractivity (Wildman–Crippen MR) is 61.9 cm³/mol. The van der Waals surface area contributed by atoms with E-state index in [1.807, 2.05) is 0 Å². The molecule has 96 valence electrons. The van der Waals surface area contributed by atoms with E-state index >= 15 is 0 Å². The van der Waals surface area contributed by atoms with Crippen molar-refractivity contribution < 1.29 is 19.1 Å². The lowest BCUT2D eigenvalue weighted by Crippen LogP contribution is -2.14. The highest BCUT2D eigenvalue weighted by molar-refractivity contribution is 5.89. The van der Waals surface area contributed by atoms with E-state index in [0.29, 0.717) is 12.1 Å². The molecule has 0 spiro atoms. The normalized spacial score (nSPS) is 18.4. The highest BCUT2D eigenvalue weighted by Crippen LogP contribution is 2.31. The molecule has 1 aromatic rings. The lowest BCUT2D eigenvalue weighted by Gasteiger charge is -2.13. The minimum absolute atomic E-state index is 0.111. The van der Waals surface area contributed by atoms with Crippen molar-refractivity contribution in [2.75, 3.05) is 5.73 Å². The van der Waals surface area contributed by atoms with Gasteiger partial charge in [0.1, 0.15) is 5.69 Å². The number of rotatable bonds is 2. The Morgan fingerprint density at radius 2 is 2.22 bits per heavy atom. The Morgan fingerprint density at radius 1 is 1.56 bits per heavy atom. The molecule has 0 aliphatic carbocycles. The summed E-state index contributed by atoms with van der Waals surface area (Å²) in [6.45, 7) is 3.14. The van der Waals surface area contributed by atoms with E-state index in [-0.39, 0.29) is 22.6 Å². The number of halogens is 1. The zero-order chi connectivity index (χ0) is 13.4. The molecule has 1 unspecified atom stereocenters. The van der Waals surface area contributed by atoms with Crippen molar-refractivity contribution in [3.05, 3.63) is 22.8 Å². The molecule has 0 amide bonds. The average Bonchev–Trinajstić information content (AvgIpc) is 2.72. The maximum atomic E-state index is 14.0. The zero-order valence-electron chi connectivity index (χ0n) is 9.90. The van der Waals surface area contributed by atoms with Crippen molar-refractivity contribution in [1.29, 1.82) is 0 Å². The van der Waals surface area contributed by atoms with Gasteiger partial charge in [0, 0.05) is 12.0 Å². The number of nitrogens with two attached hydrogens (primary N) is 1. The fourth-order valence-corrected chi connectivity index (χ4v) is 1.75. The quantitative estimate of drug-likeness (QED) is 0.835. The number of hydrogen-bond donors (Lipinski definition) is 2. The molecule has 0 aromatic carbocycles. The van der Waals surface area contributed by atoms with Crippen molar-refractivity contribution in [3.8, 4) is 0 Å². The molecular formula is C11H12FN3O3. The number of anilines is 1. The third kappa shape index (κ3) is 1.87. The molecule has 0 radical (unpaired) electrons. The maximum Gasteiger partial charge on any atom is 0.354 e. The monoisotopic (exact) mass is 253 g/mol. The first-order chi connectivity index (χ1) is 8.41. The van der Waals surface area contributed by atoms with Gasteiger partial charge < -0.3 is 15.7 Å². The van der Waals surface area contributed by atoms with Crippen LogP contribution in [0.1, 0.15) is 41.2 Å². The van der Waals surface area contributed by atoms with E-state index in [2.05, 4.69) is 10.1 Å². The SMILES string of the molecule is CC1=NOC(c2nc(C(=O)O)c(C)c(N)c2F)C1. The van der Waals surface area contributed by atoms with Gasteiger partial charge in [-0.1, -0.05) is 5.16 Å². The Bertz CT molecular complexity index is 557. The van der Waals surface area contributed by atoms with E-state index in [4.69, 9.17) is 15.7 Å². The van der Waals surface area contributed by atoms with Crippen molar-refractivity contribution in [2.24, 2.45) is 5.16 Å². The number of nitrogens with zero attached hydrogens (tertiary/aromatic N) is 2. The number of aromatic nitrogens is 1. The Balaban J connectivity index is 2.51. The van der Waals surface area contributed by atoms with Crippen LogP contribution in [-0.2, 0) is 4.84 Å². The molecule has 0 saturated carbocycles. The molecule has 1 atom stereocenters. The van der Waals surface area contributed by atoms with Gasteiger partial charge in [-0.25, -0.2) is 14.2 Å². The summed E-state index contributed by atoms with van der Waals surface area (Å²) in [4.78, 5) is 19.8. The number of nitrogen functional groups attached to an aromatic ring is 1. The first-order valence-electron chi connectivity index (χ1n) is 5.29. The molecule has 2 heterocycles. The lowest BCUT2D eigenvalue weighted by molar-refractivity contribution is 0.0679. The summed E-state index contributed by atoms with van der Waals surface area (Å²) in [5.41, 5.74) is 5.76. The van der Waals surface area contributed by atoms with Gasteiger partial charge in [-0.05, 0) is 13.8 Å². The van der Waals surface area contributed by atoms with Gasteiger partial charge in [-0.15, -0.1) is 0 Å². The number of aromatic carboxylic acids is 1. The topological polar surface area (TPSA) is 97.8 Å². The van der Waals surface area contributed by atoms with Gasteiger partial charge in [0.05, 0.1) is 11.4 Å². The second-order valence-electron chi connectivity index (χ2n) is 4.13. The average molecular weight is 253 g/mol. The Hall–Kier alpha value is -2.18. The zero-order valence-corrected chi connectivity index (χ0v) is 9.90. The Kier molecular flexibility index (Phi) is 2.90. The Labute approximate surface area is 102 Å². The largest absolute Gasteiger partial charge is 0.477 e. The van der Waals surface area contributed by atoms with Crippen LogP contribution in [0.4, 0.5) is 10.1 Å². The molecule has 0 saturated heterocycles. The van der Waals surface area contributed by atoms with E-state index in [1.165, 1.54) is 6.92 Å². The van der Waals surface area contributed by atoms with Crippen LogP contribution in [-0.4, -0.2) is 21.8 Å². The summed E-state index contributed by atoms with van der Waals surface area (Å²) in [7, 11) is 0. The van der Waals surface area contributed by atoms with Gasteiger partial charge in [0.2, 0.25) is 0 Å². The fourth-order valence-electron chi connectivity index (χ4n) is 1.75. The smallest absolute Gasteiger partial charge is 0.354 e. The molecule has 3 N–H and O–H groups in total. The number of carboxylic acids is 1. The number of carbonyl (C=O) groups is 1. The van der Waals surface area contributed by atoms with Crippen LogP contribution < -0.4 is 5.73 Å². The maximum absolute atomic E-state index is 14.0. The summed E-state index contributed by atoms with van der Waals surface area (Å²) in [6, 6.07) is 0. The van der Waals surface area contributed by atoms with E-state index < -0.39 is 17.9 Å². The van der Waals surface area contributed by atoms with Gasteiger partial charge in [0.25, 0.3) is 0 Å². The lowest BCUT2D eigenvalue weighted by atomic mass is 10.1. The second kappa shape index (κ2) is 4.25. The van der Waals surface area contributed by atoms with Crippen molar-refractivity contribution >= 4 is 17.4 Å². The number of pyridine rings is 1. The second-order valence-corrected chi connectivity index (χ2v) is 4.13. The van der Waals surface area contributed by atoms with Gasteiger partial charge in [-0.2, -0.15) is 0 Å². The molecule has 1 aromatic heterocycles. The van der Waals surface area contributed by atoms with E-state index in [0.717, 1.165) is 0 Å². The summed E-state index contributed by atoms with van der Waals surface area (Å²) < 4.78 is 14.0. The van der Waals surface area contributed by atoms with Gasteiger partial charge >= 0.3 is 5.97 Å². The summed E-state index contributed by atoms with van der Waals surface area (Å²) >= 11 is 0. The van der Waals surface area contributed by atoms with Crippen LogP contribution in [0.25, 0.3) is 0 Å². The van der Waals surface area contributed by atoms with Crippen LogP contribution in [0.2, 0.25) is 0 Å². The number of hydrogen-bond acceptors (Lipinski definition) is 5. The van der Waals surface area contributed by atoms with E-state index in [1.54, 1.807) is 6.92 Å². The summed E-state index contributed by atoms with van der Waals surface area (Å²) in [6.07, 6.45) is -0.350. The molecule has 18 heavy (non-hydrogen) atoms. The molecule has 0 bridgehead atoms. The summed E-state index contributed by atoms with van der Waals surface area (Å²) in [5.74, 6) is -2.00. The fraction of sp³-hybridized carbons (Fsp3) is 0.364. The molecule has 6 nitrogen and oxygen atoms in total. The number of oxime groups is 1. The minimum Gasteiger partial charge on any atom is -0.477 e. The first-order valence-corrected chi connectivity index (χ1v) is 5.29. The van der Waals surface area contributed by atoms with Crippen molar-refractivity contribution in [1.82, 2.24) is 4.98 Å². The highest BCUT2D eigenvalue weighted by atomic mass is 19.1. The van der Waals surface area contributed by atoms with Crippen LogP contribution in [0.3, 0.4) is 0 Å². The summed E-state index contributed by atoms with van der Waals surface area (Å²) in [5, 5.41) is 12.7. The third-order valence-electron chi connectivity index (χ3n) is 2.78.